The number of hydrogen-bond acceptors (Lipinski definition) is 5. The van der Waals surface area contributed by atoms with Crippen molar-refractivity contribution in [1.82, 2.24) is 10.1 Å². The Hall–Kier alpha value is -0.940. The van der Waals surface area contributed by atoms with Crippen molar-refractivity contribution < 1.29 is 9.26 Å². The van der Waals surface area contributed by atoms with Crippen LogP contribution in [0.5, 0.6) is 0 Å². The van der Waals surface area contributed by atoms with Gasteiger partial charge in [0, 0.05) is 6.61 Å². The summed E-state index contributed by atoms with van der Waals surface area (Å²) in [6.45, 7) is 5.42. The highest BCUT2D eigenvalue weighted by Gasteiger charge is 2.36. The van der Waals surface area contributed by atoms with Crippen molar-refractivity contribution in [3.05, 3.63) is 11.7 Å². The van der Waals surface area contributed by atoms with Crippen LogP contribution in [0.15, 0.2) is 4.52 Å². The highest BCUT2D eigenvalue weighted by Crippen LogP contribution is 2.35. The molecule has 0 unspecified atom stereocenters. The quantitative estimate of drug-likeness (QED) is 0.815. The molecule has 0 saturated heterocycles. The summed E-state index contributed by atoms with van der Waals surface area (Å²) in [6, 6.07) is 0. The van der Waals surface area contributed by atoms with Crippen LogP contribution in [0, 0.1) is 5.92 Å². The van der Waals surface area contributed by atoms with E-state index < -0.39 is 5.54 Å². The minimum atomic E-state index is -0.404. The van der Waals surface area contributed by atoms with E-state index in [0.717, 1.165) is 38.0 Å². The van der Waals surface area contributed by atoms with Crippen LogP contribution < -0.4 is 5.73 Å². The first-order valence-corrected chi connectivity index (χ1v) is 6.84. The molecule has 0 radical (unpaired) electrons. The first kappa shape index (κ1) is 13.5. The average Bonchev–Trinajstić information content (AvgIpc) is 2.83. The van der Waals surface area contributed by atoms with E-state index in [2.05, 4.69) is 24.0 Å². The summed E-state index contributed by atoms with van der Waals surface area (Å²) in [4.78, 5) is 4.37. The van der Waals surface area contributed by atoms with E-state index in [-0.39, 0.29) is 0 Å². The summed E-state index contributed by atoms with van der Waals surface area (Å²) in [5.74, 6) is 1.92. The number of hydrogen-bond donors (Lipinski definition) is 1. The topological polar surface area (TPSA) is 74.2 Å². The van der Waals surface area contributed by atoms with E-state index in [4.69, 9.17) is 15.0 Å². The van der Waals surface area contributed by atoms with Gasteiger partial charge in [0.15, 0.2) is 5.82 Å². The number of nitrogens with zero attached hydrogens (tertiary/aromatic N) is 2. The number of aromatic nitrogens is 2. The van der Waals surface area contributed by atoms with Gasteiger partial charge in [0.2, 0.25) is 0 Å². The van der Waals surface area contributed by atoms with Crippen molar-refractivity contribution in [2.24, 2.45) is 11.7 Å². The van der Waals surface area contributed by atoms with Gasteiger partial charge in [-0.1, -0.05) is 19.0 Å². The third kappa shape index (κ3) is 3.09. The minimum absolute atomic E-state index is 0.382. The maximum Gasteiger partial charge on any atom is 0.252 e. The second-order valence-corrected chi connectivity index (χ2v) is 5.40. The predicted molar refractivity (Wildman–Crippen MR) is 67.7 cm³/mol. The fourth-order valence-corrected chi connectivity index (χ4v) is 2.32. The molecule has 1 aliphatic rings. The Morgan fingerprint density at radius 3 is 2.83 bits per heavy atom. The van der Waals surface area contributed by atoms with E-state index in [1.807, 2.05) is 0 Å². The summed E-state index contributed by atoms with van der Waals surface area (Å²) < 4.78 is 10.6. The zero-order valence-corrected chi connectivity index (χ0v) is 11.3. The van der Waals surface area contributed by atoms with Gasteiger partial charge in [0.05, 0.1) is 5.54 Å². The van der Waals surface area contributed by atoms with Crippen molar-refractivity contribution in [3.63, 3.8) is 0 Å². The molecule has 1 aromatic rings. The molecule has 1 heterocycles. The third-order valence-electron chi connectivity index (χ3n) is 3.65. The van der Waals surface area contributed by atoms with Crippen LogP contribution in [-0.4, -0.2) is 16.7 Å². The van der Waals surface area contributed by atoms with Gasteiger partial charge in [-0.3, -0.25) is 0 Å². The average molecular weight is 253 g/mol. The summed E-state index contributed by atoms with van der Waals surface area (Å²) in [5.41, 5.74) is 5.98. The summed E-state index contributed by atoms with van der Waals surface area (Å²) in [7, 11) is 0. The van der Waals surface area contributed by atoms with Crippen molar-refractivity contribution in [3.8, 4) is 0 Å². The van der Waals surface area contributed by atoms with E-state index in [0.29, 0.717) is 24.9 Å². The minimum Gasteiger partial charge on any atom is -0.372 e. The molecule has 0 aliphatic heterocycles. The van der Waals surface area contributed by atoms with Gasteiger partial charge in [0.1, 0.15) is 6.61 Å². The lowest BCUT2D eigenvalue weighted by Gasteiger charge is -2.33. The summed E-state index contributed by atoms with van der Waals surface area (Å²) in [5, 5.41) is 4.02. The van der Waals surface area contributed by atoms with E-state index in [9.17, 15) is 0 Å². The second-order valence-electron chi connectivity index (χ2n) is 5.40. The third-order valence-corrected chi connectivity index (χ3v) is 3.65. The van der Waals surface area contributed by atoms with E-state index >= 15 is 0 Å². The van der Waals surface area contributed by atoms with Gasteiger partial charge in [-0.15, -0.1) is 0 Å². The smallest absolute Gasteiger partial charge is 0.252 e. The van der Waals surface area contributed by atoms with Crippen LogP contribution in [0.3, 0.4) is 0 Å². The second kappa shape index (κ2) is 5.80. The molecule has 5 heteroatoms. The Kier molecular flexibility index (Phi) is 4.35. The van der Waals surface area contributed by atoms with E-state index in [1.165, 1.54) is 0 Å². The standard InChI is InChI=1S/C13H23N3O2/c1-3-8-17-9-11-15-12(16-18-11)13(14)6-4-10(2)5-7-13/h10H,3-9,14H2,1-2H3. The van der Waals surface area contributed by atoms with Crippen LogP contribution in [-0.2, 0) is 16.9 Å². The van der Waals surface area contributed by atoms with Crippen LogP contribution >= 0.6 is 0 Å². The van der Waals surface area contributed by atoms with Crippen LogP contribution in [0.25, 0.3) is 0 Å². The zero-order valence-electron chi connectivity index (χ0n) is 11.3. The molecule has 102 valence electrons. The molecule has 1 aromatic heterocycles. The lowest BCUT2D eigenvalue weighted by Crippen LogP contribution is -2.41. The molecule has 0 amide bonds. The summed E-state index contributed by atoms with van der Waals surface area (Å²) in [6.07, 6.45) is 5.12. The number of nitrogens with two attached hydrogens (primary N) is 1. The Balaban J connectivity index is 1.96. The lowest BCUT2D eigenvalue weighted by atomic mass is 9.77. The SMILES string of the molecule is CCCOCc1nc(C2(N)CCC(C)CC2)no1. The highest BCUT2D eigenvalue weighted by molar-refractivity contribution is 5.05. The largest absolute Gasteiger partial charge is 0.372 e. The lowest BCUT2D eigenvalue weighted by molar-refractivity contribution is 0.0981. The molecule has 1 fully saturated rings. The Morgan fingerprint density at radius 2 is 2.17 bits per heavy atom. The normalized spacial score (nSPS) is 28.5. The number of rotatable bonds is 5. The molecule has 2 rings (SSSR count). The maximum atomic E-state index is 6.38. The van der Waals surface area contributed by atoms with Gasteiger partial charge < -0.3 is 15.0 Å². The molecular weight excluding hydrogens is 230 g/mol. The Morgan fingerprint density at radius 1 is 1.44 bits per heavy atom. The van der Waals surface area contributed by atoms with Crippen molar-refractivity contribution >= 4 is 0 Å². The monoisotopic (exact) mass is 253 g/mol. The highest BCUT2D eigenvalue weighted by atomic mass is 16.5. The molecule has 0 bridgehead atoms. The van der Waals surface area contributed by atoms with Crippen molar-refractivity contribution in [2.45, 2.75) is 58.1 Å². The molecule has 0 atom stereocenters. The van der Waals surface area contributed by atoms with Crippen LogP contribution in [0.4, 0.5) is 0 Å². The van der Waals surface area contributed by atoms with Gasteiger partial charge in [-0.25, -0.2) is 0 Å². The van der Waals surface area contributed by atoms with Crippen LogP contribution in [0.1, 0.15) is 57.7 Å². The van der Waals surface area contributed by atoms with Crippen LogP contribution in [0.2, 0.25) is 0 Å². The first-order chi connectivity index (χ1) is 8.64. The zero-order chi connectivity index (χ0) is 13.0. The van der Waals surface area contributed by atoms with Crippen molar-refractivity contribution in [2.75, 3.05) is 6.61 Å². The fraction of sp³-hybridized carbons (Fsp3) is 0.846. The number of ether oxygens (including phenoxy) is 1. The fourth-order valence-electron chi connectivity index (χ4n) is 2.32. The molecule has 5 nitrogen and oxygen atoms in total. The van der Waals surface area contributed by atoms with Gasteiger partial charge in [-0.2, -0.15) is 4.98 Å². The molecule has 1 aliphatic carbocycles. The van der Waals surface area contributed by atoms with Crippen molar-refractivity contribution in [1.29, 1.82) is 0 Å². The summed E-state index contributed by atoms with van der Waals surface area (Å²) >= 11 is 0. The Bertz CT molecular complexity index is 370. The Labute approximate surface area is 108 Å². The molecule has 1 saturated carbocycles. The molecule has 18 heavy (non-hydrogen) atoms. The molecule has 2 N–H and O–H groups in total. The van der Waals surface area contributed by atoms with Gasteiger partial charge in [0.25, 0.3) is 5.89 Å². The van der Waals surface area contributed by atoms with Gasteiger partial charge >= 0.3 is 0 Å². The van der Waals surface area contributed by atoms with Gasteiger partial charge in [-0.05, 0) is 38.0 Å². The van der Waals surface area contributed by atoms with E-state index in [1.54, 1.807) is 0 Å². The molecular formula is C13H23N3O2. The maximum absolute atomic E-state index is 6.38. The molecule has 0 aromatic carbocycles. The predicted octanol–water partition coefficient (Wildman–Crippen LogP) is 2.36. The molecule has 0 spiro atoms. The first-order valence-electron chi connectivity index (χ1n) is 6.84.